The third-order valence-electron chi connectivity index (χ3n) is 2.41. The summed E-state index contributed by atoms with van der Waals surface area (Å²) < 4.78 is 2.15. The maximum atomic E-state index is 4.37. The summed E-state index contributed by atoms with van der Waals surface area (Å²) >= 11 is 0. The van der Waals surface area contributed by atoms with Gasteiger partial charge in [-0.25, -0.2) is 4.98 Å². The van der Waals surface area contributed by atoms with E-state index in [1.165, 1.54) is 30.7 Å². The molecule has 0 atom stereocenters. The number of nitrogens with zero attached hydrogens (tertiary/aromatic N) is 2. The maximum absolute atomic E-state index is 4.37. The molecule has 0 bridgehead atoms. The van der Waals surface area contributed by atoms with E-state index in [4.69, 9.17) is 0 Å². The molecule has 0 aliphatic heterocycles. The first-order valence-electron chi connectivity index (χ1n) is 4.52. The van der Waals surface area contributed by atoms with E-state index in [1.54, 1.807) is 0 Å². The van der Waals surface area contributed by atoms with E-state index >= 15 is 0 Å². The van der Waals surface area contributed by atoms with Crippen molar-refractivity contribution in [2.75, 3.05) is 0 Å². The summed E-state index contributed by atoms with van der Waals surface area (Å²) in [5.74, 6) is 0. The third kappa shape index (κ3) is 1.29. The Balaban J connectivity index is 2.34. The average molecular weight is 162 g/mol. The molecular formula is C10H14N2. The summed E-state index contributed by atoms with van der Waals surface area (Å²) in [6.45, 7) is 0. The van der Waals surface area contributed by atoms with Gasteiger partial charge in [0.1, 0.15) is 0 Å². The van der Waals surface area contributed by atoms with Gasteiger partial charge in [0.2, 0.25) is 0 Å². The predicted octanol–water partition coefficient (Wildman–Crippen LogP) is 1.86. The summed E-state index contributed by atoms with van der Waals surface area (Å²) in [7, 11) is 2.08. The Morgan fingerprint density at radius 1 is 1.42 bits per heavy atom. The molecule has 0 unspecified atom stereocenters. The van der Waals surface area contributed by atoms with Gasteiger partial charge < -0.3 is 4.57 Å². The number of imidazole rings is 1. The highest BCUT2D eigenvalue weighted by molar-refractivity contribution is 5.17. The Morgan fingerprint density at radius 3 is 3.25 bits per heavy atom. The van der Waals surface area contributed by atoms with Gasteiger partial charge in [-0.2, -0.15) is 0 Å². The van der Waals surface area contributed by atoms with Crippen LogP contribution in [0.15, 0.2) is 18.5 Å². The standard InChI is InChI=1S/C10H14N2/c1-12-8-11-9-6-4-2-3-5-7-10(9)12/h2,4,8H,3,5-7H2,1H3/b4-2-. The van der Waals surface area contributed by atoms with Crippen LogP contribution in [-0.4, -0.2) is 9.55 Å². The molecule has 0 amide bonds. The highest BCUT2D eigenvalue weighted by Crippen LogP contribution is 2.14. The lowest BCUT2D eigenvalue weighted by molar-refractivity contribution is 0.742. The predicted molar refractivity (Wildman–Crippen MR) is 49.0 cm³/mol. The van der Waals surface area contributed by atoms with E-state index in [0.29, 0.717) is 0 Å². The molecule has 1 aliphatic rings. The molecule has 0 radical (unpaired) electrons. The van der Waals surface area contributed by atoms with Crippen molar-refractivity contribution in [1.29, 1.82) is 0 Å². The van der Waals surface area contributed by atoms with Gasteiger partial charge in [-0.05, 0) is 19.3 Å². The van der Waals surface area contributed by atoms with Crippen LogP contribution in [0, 0.1) is 0 Å². The monoisotopic (exact) mass is 162 g/mol. The van der Waals surface area contributed by atoms with Gasteiger partial charge in [0.05, 0.1) is 12.0 Å². The second-order valence-electron chi connectivity index (χ2n) is 3.32. The molecule has 0 saturated heterocycles. The lowest BCUT2D eigenvalue weighted by Crippen LogP contribution is -2.00. The van der Waals surface area contributed by atoms with Crippen LogP contribution in [0.25, 0.3) is 0 Å². The Morgan fingerprint density at radius 2 is 2.33 bits per heavy atom. The normalized spacial score (nSPS) is 19.4. The van der Waals surface area contributed by atoms with E-state index in [9.17, 15) is 0 Å². The van der Waals surface area contributed by atoms with Gasteiger partial charge in [-0.15, -0.1) is 0 Å². The number of allylic oxidation sites excluding steroid dienone is 2. The molecule has 0 saturated carbocycles. The second-order valence-corrected chi connectivity index (χ2v) is 3.32. The number of hydrogen-bond donors (Lipinski definition) is 0. The molecule has 0 N–H and O–H groups in total. The molecule has 2 rings (SSSR count). The van der Waals surface area contributed by atoms with E-state index in [2.05, 4.69) is 28.8 Å². The minimum atomic E-state index is 1.01. The van der Waals surface area contributed by atoms with E-state index in [-0.39, 0.29) is 0 Å². The van der Waals surface area contributed by atoms with Crippen LogP contribution < -0.4 is 0 Å². The highest BCUT2D eigenvalue weighted by Gasteiger charge is 2.07. The minimum Gasteiger partial charge on any atom is -0.337 e. The van der Waals surface area contributed by atoms with Crippen LogP contribution in [0.1, 0.15) is 24.2 Å². The molecule has 64 valence electrons. The molecule has 0 fully saturated rings. The van der Waals surface area contributed by atoms with Crippen molar-refractivity contribution in [1.82, 2.24) is 9.55 Å². The van der Waals surface area contributed by atoms with Crippen molar-refractivity contribution in [2.24, 2.45) is 7.05 Å². The molecule has 1 aliphatic carbocycles. The first-order chi connectivity index (χ1) is 5.88. The first-order valence-corrected chi connectivity index (χ1v) is 4.52. The van der Waals surface area contributed by atoms with Gasteiger partial charge in [-0.1, -0.05) is 12.2 Å². The Bertz CT molecular complexity index is 297. The maximum Gasteiger partial charge on any atom is 0.0949 e. The van der Waals surface area contributed by atoms with E-state index < -0.39 is 0 Å². The van der Waals surface area contributed by atoms with Crippen LogP contribution in [0.3, 0.4) is 0 Å². The van der Waals surface area contributed by atoms with Crippen LogP contribution in [0.5, 0.6) is 0 Å². The molecule has 1 heterocycles. The van der Waals surface area contributed by atoms with Crippen molar-refractivity contribution in [2.45, 2.75) is 25.7 Å². The minimum absolute atomic E-state index is 1.01. The Hall–Kier alpha value is -1.05. The fourth-order valence-electron chi connectivity index (χ4n) is 1.70. The number of hydrogen-bond acceptors (Lipinski definition) is 1. The second kappa shape index (κ2) is 3.13. The molecule has 1 aromatic heterocycles. The quantitative estimate of drug-likeness (QED) is 0.532. The van der Waals surface area contributed by atoms with E-state index in [1.807, 2.05) is 6.33 Å². The fourth-order valence-corrected chi connectivity index (χ4v) is 1.70. The largest absolute Gasteiger partial charge is 0.337 e. The zero-order valence-electron chi connectivity index (χ0n) is 7.45. The summed E-state index contributed by atoms with van der Waals surface area (Å²) in [4.78, 5) is 4.37. The number of aromatic nitrogens is 2. The Labute approximate surface area is 72.9 Å². The molecule has 2 nitrogen and oxygen atoms in total. The molecule has 1 aromatic rings. The van der Waals surface area contributed by atoms with E-state index in [0.717, 1.165) is 6.42 Å². The van der Waals surface area contributed by atoms with Gasteiger partial charge in [0.15, 0.2) is 0 Å². The van der Waals surface area contributed by atoms with Crippen LogP contribution >= 0.6 is 0 Å². The van der Waals surface area contributed by atoms with Crippen molar-refractivity contribution in [3.05, 3.63) is 29.9 Å². The van der Waals surface area contributed by atoms with Crippen molar-refractivity contribution in [3.8, 4) is 0 Å². The first kappa shape index (κ1) is 7.59. The van der Waals surface area contributed by atoms with Crippen molar-refractivity contribution >= 4 is 0 Å². The zero-order valence-corrected chi connectivity index (χ0v) is 7.45. The lowest BCUT2D eigenvalue weighted by atomic mass is 10.1. The van der Waals surface area contributed by atoms with Gasteiger partial charge in [-0.3, -0.25) is 0 Å². The van der Waals surface area contributed by atoms with Crippen molar-refractivity contribution in [3.63, 3.8) is 0 Å². The lowest BCUT2D eigenvalue weighted by Gasteiger charge is -2.06. The number of fused-ring (bicyclic) bond motifs is 1. The molecule has 0 spiro atoms. The van der Waals surface area contributed by atoms with Crippen LogP contribution in [0.4, 0.5) is 0 Å². The molecular weight excluding hydrogens is 148 g/mol. The average Bonchev–Trinajstić information content (AvgIpc) is 2.31. The number of aryl methyl sites for hydroxylation is 1. The molecule has 2 heteroatoms. The van der Waals surface area contributed by atoms with Crippen LogP contribution in [-0.2, 0) is 19.9 Å². The molecule has 0 aromatic carbocycles. The molecule has 12 heavy (non-hydrogen) atoms. The smallest absolute Gasteiger partial charge is 0.0949 e. The van der Waals surface area contributed by atoms with Gasteiger partial charge >= 0.3 is 0 Å². The van der Waals surface area contributed by atoms with Gasteiger partial charge in [0.25, 0.3) is 0 Å². The topological polar surface area (TPSA) is 17.8 Å². The highest BCUT2D eigenvalue weighted by atomic mass is 15.0. The SMILES string of the molecule is Cn1cnc2c1CCC/C=C\C2. The summed E-state index contributed by atoms with van der Waals surface area (Å²) in [5.41, 5.74) is 2.67. The zero-order chi connectivity index (χ0) is 8.39. The summed E-state index contributed by atoms with van der Waals surface area (Å²) in [6.07, 6.45) is 11.1. The fraction of sp³-hybridized carbons (Fsp3) is 0.500. The van der Waals surface area contributed by atoms with Crippen molar-refractivity contribution < 1.29 is 0 Å². The van der Waals surface area contributed by atoms with Gasteiger partial charge in [0, 0.05) is 19.2 Å². The summed E-state index contributed by atoms with van der Waals surface area (Å²) in [6, 6.07) is 0. The Kier molecular flexibility index (Phi) is 1.98. The number of rotatable bonds is 0. The summed E-state index contributed by atoms with van der Waals surface area (Å²) in [5, 5.41) is 0. The van der Waals surface area contributed by atoms with Crippen LogP contribution in [0.2, 0.25) is 0 Å². The third-order valence-corrected chi connectivity index (χ3v) is 2.41.